The number of rotatable bonds is 7. The molecule has 0 spiro atoms. The van der Waals surface area contributed by atoms with Crippen molar-refractivity contribution in [3.05, 3.63) is 91.5 Å². The van der Waals surface area contributed by atoms with Crippen LogP contribution >= 0.6 is 34.2 Å². The molecule has 35 heavy (non-hydrogen) atoms. The van der Waals surface area contributed by atoms with Crippen LogP contribution in [0.5, 0.6) is 11.5 Å². The van der Waals surface area contributed by atoms with Gasteiger partial charge in [0.1, 0.15) is 18.2 Å². The largest absolute Gasteiger partial charge is 0.493 e. The average molecular weight is 613 g/mol. The molecule has 0 heterocycles. The van der Waals surface area contributed by atoms with E-state index in [4.69, 9.17) is 21.1 Å². The maximum Gasteiger partial charge on any atom is 0.416 e. The molecule has 0 aliphatic heterocycles. The Bertz CT molecular complexity index is 1300. The summed E-state index contributed by atoms with van der Waals surface area (Å²) < 4.78 is 51.0. The Morgan fingerprint density at radius 1 is 1.17 bits per heavy atom. The van der Waals surface area contributed by atoms with Gasteiger partial charge in [-0.2, -0.15) is 18.4 Å². The highest BCUT2D eigenvalue weighted by molar-refractivity contribution is 14.1. The van der Waals surface area contributed by atoms with Crippen LogP contribution in [0.4, 0.5) is 18.9 Å². The van der Waals surface area contributed by atoms with Gasteiger partial charge in [0.25, 0.3) is 5.91 Å². The molecule has 3 aromatic carbocycles. The lowest BCUT2D eigenvalue weighted by Crippen LogP contribution is -2.14. The Morgan fingerprint density at radius 2 is 1.89 bits per heavy atom. The molecule has 0 saturated carbocycles. The molecule has 0 radical (unpaired) electrons. The Labute approximate surface area is 218 Å². The van der Waals surface area contributed by atoms with E-state index in [1.165, 1.54) is 31.4 Å². The lowest BCUT2D eigenvalue weighted by molar-refractivity contribution is -0.137. The Hall–Kier alpha value is -3.23. The van der Waals surface area contributed by atoms with Gasteiger partial charge in [0.2, 0.25) is 0 Å². The first-order valence-corrected chi connectivity index (χ1v) is 11.4. The highest BCUT2D eigenvalue weighted by Crippen LogP contribution is 2.37. The fraction of sp³-hybridized carbons (Fsp3) is 0.120. The van der Waals surface area contributed by atoms with Crippen molar-refractivity contribution in [1.82, 2.24) is 0 Å². The summed E-state index contributed by atoms with van der Waals surface area (Å²) in [6.45, 7) is 0.241. The molecule has 0 saturated heterocycles. The monoisotopic (exact) mass is 612 g/mol. The Kier molecular flexibility index (Phi) is 8.64. The fourth-order valence-electron chi connectivity index (χ4n) is 2.99. The second-order valence-corrected chi connectivity index (χ2v) is 8.80. The van der Waals surface area contributed by atoms with Crippen molar-refractivity contribution in [1.29, 1.82) is 5.26 Å². The molecule has 0 aliphatic carbocycles. The van der Waals surface area contributed by atoms with E-state index in [1.807, 2.05) is 24.3 Å². The predicted octanol–water partition coefficient (Wildman–Crippen LogP) is 7.10. The summed E-state index contributed by atoms with van der Waals surface area (Å²) >= 11 is 8.58. The van der Waals surface area contributed by atoms with Crippen molar-refractivity contribution in [2.45, 2.75) is 12.8 Å². The zero-order chi connectivity index (χ0) is 25.6. The van der Waals surface area contributed by atoms with Gasteiger partial charge in [0.05, 0.1) is 17.7 Å². The highest BCUT2D eigenvalue weighted by Gasteiger charge is 2.30. The van der Waals surface area contributed by atoms with Gasteiger partial charge in [-0.15, -0.1) is 0 Å². The molecule has 0 atom stereocenters. The van der Waals surface area contributed by atoms with Gasteiger partial charge < -0.3 is 14.8 Å². The van der Waals surface area contributed by atoms with Crippen LogP contribution < -0.4 is 14.8 Å². The summed E-state index contributed by atoms with van der Waals surface area (Å²) in [5.41, 5.74) is -0.0705. The third kappa shape index (κ3) is 7.13. The molecule has 0 bridgehead atoms. The van der Waals surface area contributed by atoms with Crippen molar-refractivity contribution in [2.24, 2.45) is 0 Å². The van der Waals surface area contributed by atoms with Crippen LogP contribution in [-0.4, -0.2) is 13.0 Å². The molecular weight excluding hydrogens is 596 g/mol. The first-order valence-electron chi connectivity index (χ1n) is 9.96. The van der Waals surface area contributed by atoms with Crippen LogP contribution in [-0.2, 0) is 17.6 Å². The fourth-order valence-corrected chi connectivity index (χ4v) is 3.62. The zero-order valence-corrected chi connectivity index (χ0v) is 21.0. The number of methoxy groups -OCH3 is 1. The number of nitriles is 1. The van der Waals surface area contributed by atoms with E-state index < -0.39 is 17.6 Å². The molecule has 3 aromatic rings. The lowest BCUT2D eigenvalue weighted by atomic mass is 10.1. The van der Waals surface area contributed by atoms with Crippen molar-refractivity contribution >= 4 is 51.9 Å². The van der Waals surface area contributed by atoms with Gasteiger partial charge in [-0.05, 0) is 82.3 Å². The molecule has 5 nitrogen and oxygen atoms in total. The van der Waals surface area contributed by atoms with Gasteiger partial charge in [0, 0.05) is 9.26 Å². The SMILES string of the molecule is COc1cc(/C=C(/C#N)C(=O)Nc2cccc(C(F)(F)F)c2)cc(Cl)c1OCc1ccc(I)cc1. The van der Waals surface area contributed by atoms with Crippen LogP contribution in [0, 0.1) is 14.9 Å². The zero-order valence-electron chi connectivity index (χ0n) is 18.1. The first-order chi connectivity index (χ1) is 16.6. The van der Waals surface area contributed by atoms with Gasteiger partial charge in [-0.1, -0.05) is 29.8 Å². The number of hydrogen-bond acceptors (Lipinski definition) is 4. The second-order valence-electron chi connectivity index (χ2n) is 7.15. The van der Waals surface area contributed by atoms with E-state index in [0.29, 0.717) is 5.56 Å². The minimum atomic E-state index is -4.56. The second kappa shape index (κ2) is 11.5. The maximum atomic E-state index is 12.9. The summed E-state index contributed by atoms with van der Waals surface area (Å²) in [5, 5.41) is 11.9. The molecule has 0 aliphatic rings. The standard InChI is InChI=1S/C25H17ClF3IN2O3/c1-34-22-11-16(10-21(26)23(22)35-14-15-5-7-19(30)8-6-15)9-17(13-31)24(33)32-20-4-2-3-18(12-20)25(27,28)29/h2-12H,14H2,1H3,(H,32,33)/b17-9-. The number of carbonyl (C=O) groups is 1. The number of nitrogens with zero attached hydrogens (tertiary/aromatic N) is 1. The van der Waals surface area contributed by atoms with Crippen molar-refractivity contribution in [3.63, 3.8) is 0 Å². The van der Waals surface area contributed by atoms with Crippen LogP contribution in [0.1, 0.15) is 16.7 Å². The van der Waals surface area contributed by atoms with Crippen LogP contribution in [0.3, 0.4) is 0 Å². The molecular formula is C25H17ClF3IN2O3. The third-order valence-corrected chi connectivity index (χ3v) is 5.67. The van der Waals surface area contributed by atoms with E-state index >= 15 is 0 Å². The molecule has 1 N–H and O–H groups in total. The van der Waals surface area contributed by atoms with E-state index in [2.05, 4.69) is 27.9 Å². The summed E-state index contributed by atoms with van der Waals surface area (Å²) in [5.74, 6) is -0.303. The normalized spacial score (nSPS) is 11.5. The lowest BCUT2D eigenvalue weighted by Gasteiger charge is -2.14. The minimum Gasteiger partial charge on any atom is -0.493 e. The van der Waals surface area contributed by atoms with Gasteiger partial charge in [-0.25, -0.2) is 0 Å². The minimum absolute atomic E-state index is 0.0964. The van der Waals surface area contributed by atoms with E-state index in [9.17, 15) is 23.2 Å². The molecule has 0 unspecified atom stereocenters. The summed E-state index contributed by atoms with van der Waals surface area (Å²) in [6.07, 6.45) is -3.31. The topological polar surface area (TPSA) is 71.3 Å². The molecule has 3 rings (SSSR count). The number of alkyl halides is 3. The number of nitrogens with one attached hydrogen (secondary N) is 1. The number of hydrogen-bond donors (Lipinski definition) is 1. The Morgan fingerprint density at radius 3 is 2.51 bits per heavy atom. The summed E-state index contributed by atoms with van der Waals surface area (Å²) in [7, 11) is 1.42. The van der Waals surface area contributed by atoms with Crippen molar-refractivity contribution in [2.75, 3.05) is 12.4 Å². The number of amides is 1. The number of ether oxygens (including phenoxy) is 2. The third-order valence-electron chi connectivity index (χ3n) is 4.67. The van der Waals surface area contributed by atoms with Crippen molar-refractivity contribution < 1.29 is 27.4 Å². The maximum absolute atomic E-state index is 12.9. The summed E-state index contributed by atoms with van der Waals surface area (Å²) in [6, 6.07) is 16.6. The van der Waals surface area contributed by atoms with Gasteiger partial charge in [-0.3, -0.25) is 4.79 Å². The number of halogens is 5. The molecule has 10 heteroatoms. The number of anilines is 1. The van der Waals surface area contributed by atoms with E-state index in [-0.39, 0.29) is 34.4 Å². The highest BCUT2D eigenvalue weighted by atomic mass is 127. The average Bonchev–Trinajstić information content (AvgIpc) is 2.82. The van der Waals surface area contributed by atoms with Crippen molar-refractivity contribution in [3.8, 4) is 17.6 Å². The van der Waals surface area contributed by atoms with Crippen LogP contribution in [0.2, 0.25) is 5.02 Å². The molecule has 1 amide bonds. The van der Waals surface area contributed by atoms with E-state index in [0.717, 1.165) is 27.3 Å². The van der Waals surface area contributed by atoms with Gasteiger partial charge >= 0.3 is 6.18 Å². The quantitative estimate of drug-likeness (QED) is 0.176. The molecule has 0 fully saturated rings. The number of benzene rings is 3. The van der Waals surface area contributed by atoms with E-state index in [1.54, 1.807) is 6.07 Å². The number of carbonyl (C=O) groups excluding carboxylic acids is 1. The van der Waals surface area contributed by atoms with Gasteiger partial charge in [0.15, 0.2) is 11.5 Å². The Balaban J connectivity index is 1.81. The smallest absolute Gasteiger partial charge is 0.416 e. The first kappa shape index (κ1) is 26.4. The molecule has 180 valence electrons. The molecule has 0 aromatic heterocycles. The van der Waals surface area contributed by atoms with Crippen LogP contribution in [0.25, 0.3) is 6.08 Å². The predicted molar refractivity (Wildman–Crippen MR) is 135 cm³/mol. The van der Waals surface area contributed by atoms with Crippen LogP contribution in [0.15, 0.2) is 66.2 Å². The summed E-state index contributed by atoms with van der Waals surface area (Å²) in [4.78, 5) is 12.5.